The van der Waals surface area contributed by atoms with Gasteiger partial charge in [0.05, 0.1) is 10.9 Å². The highest BCUT2D eigenvalue weighted by molar-refractivity contribution is 7.99. The van der Waals surface area contributed by atoms with E-state index in [0.29, 0.717) is 21.7 Å². The van der Waals surface area contributed by atoms with Crippen molar-refractivity contribution >= 4 is 28.4 Å². The van der Waals surface area contributed by atoms with E-state index >= 15 is 0 Å². The molecule has 100 valence electrons. The highest BCUT2D eigenvalue weighted by Gasteiger charge is 2.15. The summed E-state index contributed by atoms with van der Waals surface area (Å²) in [5.74, 6) is 1.82. The zero-order chi connectivity index (χ0) is 13.2. The topological polar surface area (TPSA) is 71.8 Å². The van der Waals surface area contributed by atoms with Gasteiger partial charge in [-0.15, -0.1) is 0 Å². The molecule has 1 heterocycles. The molecule has 2 aromatic rings. The molecule has 1 aliphatic rings. The summed E-state index contributed by atoms with van der Waals surface area (Å²) >= 11 is 1.65. The Kier molecular flexibility index (Phi) is 3.46. The molecule has 1 saturated carbocycles. The molecule has 0 radical (unpaired) electrons. The summed E-state index contributed by atoms with van der Waals surface area (Å²) in [7, 11) is 0. The van der Waals surface area contributed by atoms with Crippen LogP contribution in [0.25, 0.3) is 10.9 Å². The number of nitrogens with two attached hydrogens (primary N) is 1. The first-order valence-corrected chi connectivity index (χ1v) is 7.63. The van der Waals surface area contributed by atoms with Crippen molar-refractivity contribution in [2.75, 3.05) is 11.5 Å². The largest absolute Gasteiger partial charge is 0.399 e. The van der Waals surface area contributed by atoms with Crippen LogP contribution in [0.5, 0.6) is 0 Å². The summed E-state index contributed by atoms with van der Waals surface area (Å²) in [6.07, 6.45) is 5.29. The third-order valence-electron chi connectivity index (χ3n) is 3.64. The molecule has 0 aliphatic heterocycles. The number of aromatic amines is 1. The summed E-state index contributed by atoms with van der Waals surface area (Å²) in [4.78, 5) is 19.3. The molecule has 1 fully saturated rings. The maximum absolute atomic E-state index is 12.0. The molecule has 1 aliphatic carbocycles. The van der Waals surface area contributed by atoms with Gasteiger partial charge >= 0.3 is 0 Å². The Morgan fingerprint density at radius 1 is 1.37 bits per heavy atom. The van der Waals surface area contributed by atoms with E-state index in [1.165, 1.54) is 25.7 Å². The van der Waals surface area contributed by atoms with E-state index in [1.807, 2.05) is 0 Å². The lowest BCUT2D eigenvalue weighted by atomic mass is 10.1. The minimum Gasteiger partial charge on any atom is -0.399 e. The Labute approximate surface area is 115 Å². The summed E-state index contributed by atoms with van der Waals surface area (Å²) < 4.78 is 0. The molecule has 19 heavy (non-hydrogen) atoms. The second-order valence-electron chi connectivity index (χ2n) is 5.11. The predicted molar refractivity (Wildman–Crippen MR) is 79.5 cm³/mol. The van der Waals surface area contributed by atoms with Crippen molar-refractivity contribution in [1.82, 2.24) is 9.97 Å². The fourth-order valence-electron chi connectivity index (χ4n) is 2.58. The summed E-state index contributed by atoms with van der Waals surface area (Å²) in [5.41, 5.74) is 6.88. The van der Waals surface area contributed by atoms with Crippen LogP contribution in [-0.2, 0) is 0 Å². The maximum Gasteiger partial charge on any atom is 0.259 e. The molecule has 5 heteroatoms. The second kappa shape index (κ2) is 5.25. The van der Waals surface area contributed by atoms with E-state index in [0.717, 1.165) is 11.7 Å². The number of hydrogen-bond donors (Lipinski definition) is 2. The number of fused-ring (bicyclic) bond motifs is 1. The van der Waals surface area contributed by atoms with Crippen LogP contribution in [0.3, 0.4) is 0 Å². The van der Waals surface area contributed by atoms with Crippen LogP contribution in [0.2, 0.25) is 0 Å². The monoisotopic (exact) mass is 275 g/mol. The first-order chi connectivity index (χ1) is 9.22. The molecular formula is C14H17N3OS. The first-order valence-electron chi connectivity index (χ1n) is 6.65. The van der Waals surface area contributed by atoms with E-state index in [2.05, 4.69) is 9.97 Å². The number of anilines is 1. The van der Waals surface area contributed by atoms with Crippen molar-refractivity contribution in [2.24, 2.45) is 5.92 Å². The highest BCUT2D eigenvalue weighted by Crippen LogP contribution is 2.29. The number of nitrogens with zero attached hydrogens (tertiary/aromatic N) is 1. The van der Waals surface area contributed by atoms with Gasteiger partial charge in [0.15, 0.2) is 5.16 Å². The number of nitrogens with one attached hydrogen (secondary N) is 1. The van der Waals surface area contributed by atoms with Crippen LogP contribution < -0.4 is 11.3 Å². The SMILES string of the molecule is Nc1ccc2nc(SCC3CCCC3)[nH]c(=O)c2c1. The molecule has 1 aromatic heterocycles. The molecule has 0 atom stereocenters. The average molecular weight is 275 g/mol. The van der Waals surface area contributed by atoms with Gasteiger partial charge in [0.25, 0.3) is 5.56 Å². The molecule has 3 rings (SSSR count). The van der Waals surface area contributed by atoms with Crippen LogP contribution in [-0.4, -0.2) is 15.7 Å². The van der Waals surface area contributed by atoms with E-state index in [9.17, 15) is 4.79 Å². The number of H-pyrrole nitrogens is 1. The van der Waals surface area contributed by atoms with Gasteiger partial charge in [-0.3, -0.25) is 4.79 Å². The fourth-order valence-corrected chi connectivity index (χ4v) is 3.63. The lowest BCUT2D eigenvalue weighted by Crippen LogP contribution is -2.10. The van der Waals surface area contributed by atoms with Gasteiger partial charge in [-0.1, -0.05) is 24.6 Å². The van der Waals surface area contributed by atoms with Crippen LogP contribution in [0.15, 0.2) is 28.2 Å². The number of rotatable bonds is 3. The van der Waals surface area contributed by atoms with Gasteiger partial charge in [-0.05, 0) is 37.0 Å². The molecule has 0 amide bonds. The summed E-state index contributed by atoms with van der Waals surface area (Å²) in [6.45, 7) is 0. The van der Waals surface area contributed by atoms with Gasteiger partial charge in [0, 0.05) is 11.4 Å². The lowest BCUT2D eigenvalue weighted by molar-refractivity contribution is 0.622. The second-order valence-corrected chi connectivity index (χ2v) is 6.12. The molecule has 4 nitrogen and oxygen atoms in total. The molecule has 0 spiro atoms. The minimum atomic E-state index is -0.105. The third kappa shape index (κ3) is 2.76. The fraction of sp³-hybridized carbons (Fsp3) is 0.429. The van der Waals surface area contributed by atoms with Crippen LogP contribution in [0, 0.1) is 5.92 Å². The van der Waals surface area contributed by atoms with Gasteiger partial charge < -0.3 is 10.7 Å². The third-order valence-corrected chi connectivity index (χ3v) is 4.74. The number of hydrogen-bond acceptors (Lipinski definition) is 4. The van der Waals surface area contributed by atoms with Gasteiger partial charge in [-0.2, -0.15) is 0 Å². The van der Waals surface area contributed by atoms with E-state index < -0.39 is 0 Å². The van der Waals surface area contributed by atoms with E-state index in [-0.39, 0.29) is 5.56 Å². The maximum atomic E-state index is 12.0. The lowest BCUT2D eigenvalue weighted by Gasteiger charge is -2.08. The standard InChI is InChI=1S/C14H17N3OS/c15-10-5-6-12-11(7-10)13(18)17-14(16-12)19-8-9-3-1-2-4-9/h5-7,9H,1-4,8,15H2,(H,16,17,18). The van der Waals surface area contributed by atoms with Crippen molar-refractivity contribution < 1.29 is 0 Å². The molecule has 1 aromatic carbocycles. The Morgan fingerprint density at radius 2 is 2.16 bits per heavy atom. The molecule has 0 unspecified atom stereocenters. The van der Waals surface area contributed by atoms with Gasteiger partial charge in [0.1, 0.15) is 0 Å². The molecule has 0 bridgehead atoms. The Hall–Kier alpha value is -1.49. The quantitative estimate of drug-likeness (QED) is 0.513. The van der Waals surface area contributed by atoms with Crippen molar-refractivity contribution in [3.05, 3.63) is 28.6 Å². The summed E-state index contributed by atoms with van der Waals surface area (Å²) in [5, 5.41) is 1.28. The number of thioether (sulfide) groups is 1. The van der Waals surface area contributed by atoms with Crippen molar-refractivity contribution in [2.45, 2.75) is 30.8 Å². The van der Waals surface area contributed by atoms with Gasteiger partial charge in [0.2, 0.25) is 0 Å². The van der Waals surface area contributed by atoms with Crippen molar-refractivity contribution in [3.63, 3.8) is 0 Å². The molecule has 0 saturated heterocycles. The Balaban J connectivity index is 1.84. The van der Waals surface area contributed by atoms with Crippen LogP contribution >= 0.6 is 11.8 Å². The van der Waals surface area contributed by atoms with Crippen LogP contribution in [0.4, 0.5) is 5.69 Å². The number of nitrogen functional groups attached to an aromatic ring is 1. The van der Waals surface area contributed by atoms with Crippen LogP contribution in [0.1, 0.15) is 25.7 Å². The molecular weight excluding hydrogens is 258 g/mol. The van der Waals surface area contributed by atoms with E-state index in [1.54, 1.807) is 30.0 Å². The van der Waals surface area contributed by atoms with Crippen molar-refractivity contribution in [1.29, 1.82) is 0 Å². The zero-order valence-corrected chi connectivity index (χ0v) is 11.5. The van der Waals surface area contributed by atoms with Crippen molar-refractivity contribution in [3.8, 4) is 0 Å². The predicted octanol–water partition coefficient (Wildman–Crippen LogP) is 2.79. The molecule has 3 N–H and O–H groups in total. The summed E-state index contributed by atoms with van der Waals surface area (Å²) in [6, 6.07) is 5.26. The zero-order valence-electron chi connectivity index (χ0n) is 10.7. The van der Waals surface area contributed by atoms with E-state index in [4.69, 9.17) is 5.73 Å². The smallest absolute Gasteiger partial charge is 0.259 e. The normalized spacial score (nSPS) is 16.2. The average Bonchev–Trinajstić information content (AvgIpc) is 2.90. The number of aromatic nitrogens is 2. The highest BCUT2D eigenvalue weighted by atomic mass is 32.2. The Morgan fingerprint density at radius 3 is 2.95 bits per heavy atom. The van der Waals surface area contributed by atoms with Gasteiger partial charge in [-0.25, -0.2) is 4.98 Å². The number of benzene rings is 1. The minimum absolute atomic E-state index is 0.105. The Bertz CT molecular complexity index is 647. The first kappa shape index (κ1) is 12.5.